The molecule has 0 rings (SSSR count). The summed E-state index contributed by atoms with van der Waals surface area (Å²) in [5.74, 6) is -1.08. The van der Waals surface area contributed by atoms with Crippen molar-refractivity contribution in [1.82, 2.24) is 0 Å². The van der Waals surface area contributed by atoms with Crippen LogP contribution in [0, 0.1) is 5.92 Å². The average molecular weight is 625 g/mol. The molecule has 4 nitrogen and oxygen atoms in total. The van der Waals surface area contributed by atoms with E-state index in [4.69, 9.17) is 143 Å². The molecular formula is C10H17Cl12NO3. The lowest BCUT2D eigenvalue weighted by Crippen LogP contribution is -2.17. The van der Waals surface area contributed by atoms with Crippen molar-refractivity contribution in [1.29, 1.82) is 0 Å². The summed E-state index contributed by atoms with van der Waals surface area (Å²) in [6.07, 6.45) is 1.47. The van der Waals surface area contributed by atoms with Gasteiger partial charge in [0, 0.05) is 19.2 Å². The Balaban J connectivity index is -0.0000000473. The first-order valence-corrected chi connectivity index (χ1v) is 10.5. The highest BCUT2D eigenvalue weighted by Crippen LogP contribution is 2.30. The number of primary amides is 1. The predicted molar refractivity (Wildman–Crippen MR) is 123 cm³/mol. The monoisotopic (exact) mass is 619 g/mol. The summed E-state index contributed by atoms with van der Waals surface area (Å²) in [7, 11) is 0. The van der Waals surface area contributed by atoms with Crippen LogP contribution in [0.15, 0.2) is 0 Å². The molecule has 16 heteroatoms. The van der Waals surface area contributed by atoms with E-state index in [9.17, 15) is 4.79 Å². The Labute approximate surface area is 213 Å². The first-order chi connectivity index (χ1) is 11.1. The van der Waals surface area contributed by atoms with Crippen LogP contribution < -0.4 is 5.73 Å². The van der Waals surface area contributed by atoms with Gasteiger partial charge in [0.2, 0.25) is 5.91 Å². The molecule has 0 aromatic rings. The fourth-order valence-electron chi connectivity index (χ4n) is 0. The number of rotatable bonds is 1. The molecular weight excluding hydrogens is 608 g/mol. The van der Waals surface area contributed by atoms with Gasteiger partial charge in [-0.1, -0.05) is 141 Å². The molecule has 0 unspecified atom stereocenters. The van der Waals surface area contributed by atoms with E-state index in [0.717, 1.165) is 6.92 Å². The Kier molecular flexibility index (Phi) is 44.8. The molecule has 0 aliphatic heterocycles. The Morgan fingerprint density at radius 2 is 0.846 bits per heavy atom. The van der Waals surface area contributed by atoms with E-state index < -0.39 is 16.8 Å². The minimum Gasteiger partial charge on any atom is -0.481 e. The highest BCUT2D eigenvalue weighted by molar-refractivity contribution is 6.84. The second kappa shape index (κ2) is 27.4. The molecule has 0 aliphatic carbocycles. The maximum absolute atomic E-state index is 9.92. The van der Waals surface area contributed by atoms with Crippen molar-refractivity contribution in [2.75, 3.05) is 6.38 Å². The van der Waals surface area contributed by atoms with Crippen molar-refractivity contribution < 1.29 is 14.7 Å². The van der Waals surface area contributed by atoms with Gasteiger partial charge in [0.25, 0.3) is 12.5 Å². The van der Waals surface area contributed by atoms with Gasteiger partial charge in [-0.2, -0.15) is 0 Å². The van der Waals surface area contributed by atoms with E-state index in [-0.39, 0.29) is 11.8 Å². The standard InChI is InChI=1S/C4H9NO.C2H4O2.2CCl4.CHCl3.CH3Cl/c1-3(2)4(5)6;1-2(3)4;2*2-1(3,4)5;2-1(3)4;1-2/h3H,1-2H3,(H2,5,6);1H3,(H,3,4);;;1H;1H3. The molecule has 0 saturated carbocycles. The molecule has 0 saturated heterocycles. The molecule has 0 radical (unpaired) electrons. The first kappa shape index (κ1) is 42.5. The zero-order valence-corrected chi connectivity index (χ0v) is 22.6. The van der Waals surface area contributed by atoms with Gasteiger partial charge >= 0.3 is 0 Å². The van der Waals surface area contributed by atoms with Crippen LogP contribution in [-0.4, -0.2) is 34.2 Å². The fraction of sp³-hybridized carbons (Fsp3) is 0.800. The average Bonchev–Trinajstić information content (AvgIpc) is 2.25. The second-order valence-electron chi connectivity index (χ2n) is 3.18. The van der Waals surface area contributed by atoms with E-state index in [1.807, 2.05) is 0 Å². The van der Waals surface area contributed by atoms with Crippen molar-refractivity contribution in [3.8, 4) is 0 Å². The number of halogens is 12. The summed E-state index contributed by atoms with van der Waals surface area (Å²) in [6, 6.07) is 0. The quantitative estimate of drug-likeness (QED) is 0.289. The third-order valence-electron chi connectivity index (χ3n) is 0.569. The van der Waals surface area contributed by atoms with E-state index in [2.05, 4.69) is 11.6 Å². The molecule has 0 aromatic heterocycles. The number of carboxylic acid groups (broad SMARTS) is 1. The van der Waals surface area contributed by atoms with E-state index in [0.29, 0.717) is 0 Å². The topological polar surface area (TPSA) is 80.4 Å². The lowest BCUT2D eigenvalue weighted by molar-refractivity contribution is -0.134. The minimum atomic E-state index is -1.61. The molecule has 1 amide bonds. The number of carbonyl (C=O) groups excluding carboxylic acids is 1. The van der Waals surface area contributed by atoms with Crippen LogP contribution in [0.4, 0.5) is 0 Å². The fourth-order valence-corrected chi connectivity index (χ4v) is 0. The van der Waals surface area contributed by atoms with Crippen molar-refractivity contribution >= 4 is 151 Å². The summed E-state index contributed by atoms with van der Waals surface area (Å²) in [5.41, 5.74) is 4.80. The maximum atomic E-state index is 9.92. The number of amides is 1. The largest absolute Gasteiger partial charge is 0.481 e. The van der Waals surface area contributed by atoms with Crippen LogP contribution in [0.3, 0.4) is 0 Å². The van der Waals surface area contributed by atoms with Gasteiger partial charge in [-0.3, -0.25) is 9.59 Å². The summed E-state index contributed by atoms with van der Waals surface area (Å²) in [5, 5.41) is 7.42. The van der Waals surface area contributed by atoms with Crippen LogP contribution in [0.25, 0.3) is 0 Å². The molecule has 0 aliphatic rings. The molecule has 3 N–H and O–H groups in total. The summed E-state index contributed by atoms with van der Waals surface area (Å²) in [4.78, 5) is 18.9. The van der Waals surface area contributed by atoms with Gasteiger partial charge in [-0.05, 0) is 0 Å². The number of hydrogen-bond donors (Lipinski definition) is 2. The Hall–Kier alpha value is 2.42. The Morgan fingerprint density at radius 3 is 0.846 bits per heavy atom. The number of aliphatic carboxylic acids is 1. The number of nitrogens with two attached hydrogens (primary N) is 1. The van der Waals surface area contributed by atoms with Crippen molar-refractivity contribution in [3.05, 3.63) is 0 Å². The molecule has 0 bridgehead atoms. The number of carbonyl (C=O) groups is 2. The molecule has 26 heavy (non-hydrogen) atoms. The number of carboxylic acids is 1. The van der Waals surface area contributed by atoms with Gasteiger partial charge in [-0.25, -0.2) is 0 Å². The maximum Gasteiger partial charge on any atom is 0.300 e. The smallest absolute Gasteiger partial charge is 0.300 e. The summed E-state index contributed by atoms with van der Waals surface area (Å²) in [6.45, 7) is 4.62. The second-order valence-corrected chi connectivity index (χ2v) is 12.0. The predicted octanol–water partition coefficient (Wildman–Crippen LogP) is 8.17. The van der Waals surface area contributed by atoms with Gasteiger partial charge in [-0.15, -0.1) is 11.6 Å². The highest BCUT2D eigenvalue weighted by atomic mass is 35.6. The zero-order chi connectivity index (χ0) is 23.3. The lowest BCUT2D eigenvalue weighted by Gasteiger charge is -1.91. The minimum absolute atomic E-state index is 0.00926. The van der Waals surface area contributed by atoms with Gasteiger partial charge < -0.3 is 10.8 Å². The molecule has 0 heterocycles. The highest BCUT2D eigenvalue weighted by Gasteiger charge is 2.11. The van der Waals surface area contributed by atoms with Crippen LogP contribution in [0.5, 0.6) is 0 Å². The third-order valence-corrected chi connectivity index (χ3v) is 0.569. The van der Waals surface area contributed by atoms with E-state index in [1.165, 1.54) is 6.38 Å². The van der Waals surface area contributed by atoms with Crippen molar-refractivity contribution in [2.24, 2.45) is 11.7 Å². The number of alkyl halides is 12. The van der Waals surface area contributed by atoms with Crippen LogP contribution in [0.2, 0.25) is 0 Å². The SMILES string of the molecule is CC(=O)O.CC(C)C(N)=O.CCl.ClC(Cl)(Cl)Cl.ClC(Cl)(Cl)Cl.ClC(Cl)Cl. The van der Waals surface area contributed by atoms with Gasteiger partial charge in [0.05, 0.1) is 0 Å². The first-order valence-electron chi connectivity index (χ1n) is 5.41. The van der Waals surface area contributed by atoms with E-state index in [1.54, 1.807) is 13.8 Å². The zero-order valence-electron chi connectivity index (χ0n) is 13.5. The number of hydrogen-bond acceptors (Lipinski definition) is 2. The Bertz CT molecular complexity index is 274. The van der Waals surface area contributed by atoms with Gasteiger partial charge in [0.15, 0.2) is 4.30 Å². The van der Waals surface area contributed by atoms with Crippen LogP contribution in [0.1, 0.15) is 20.8 Å². The summed E-state index contributed by atoms with van der Waals surface area (Å²) >= 11 is 57.7. The van der Waals surface area contributed by atoms with Crippen molar-refractivity contribution in [3.63, 3.8) is 0 Å². The van der Waals surface area contributed by atoms with Crippen LogP contribution >= 0.6 is 139 Å². The molecule has 164 valence electrons. The lowest BCUT2D eigenvalue weighted by atomic mass is 10.2. The molecule has 0 spiro atoms. The van der Waals surface area contributed by atoms with Crippen molar-refractivity contribution in [2.45, 2.75) is 31.6 Å². The third kappa shape index (κ3) is 414. The molecule has 0 atom stereocenters. The van der Waals surface area contributed by atoms with Gasteiger partial charge in [0.1, 0.15) is 0 Å². The summed E-state index contributed by atoms with van der Waals surface area (Å²) < 4.78 is -3.97. The Morgan fingerprint density at radius 1 is 0.808 bits per heavy atom. The van der Waals surface area contributed by atoms with E-state index >= 15 is 0 Å². The normalized spacial score (nSPS) is 9.31. The molecule has 0 aromatic carbocycles. The van der Waals surface area contributed by atoms with Crippen LogP contribution in [-0.2, 0) is 9.59 Å². The molecule has 0 fully saturated rings.